The Morgan fingerprint density at radius 2 is 2.00 bits per heavy atom. The average molecular weight is 324 g/mol. The number of carboxylic acid groups (broad SMARTS) is 1. The first-order valence-corrected chi connectivity index (χ1v) is 6.16. The Balaban J connectivity index is 2.25. The molecule has 0 aliphatic rings. The molecule has 0 aliphatic carbocycles. The van der Waals surface area contributed by atoms with Crippen molar-refractivity contribution in [2.45, 2.75) is 6.92 Å². The first-order chi connectivity index (χ1) is 8.99. The summed E-state index contributed by atoms with van der Waals surface area (Å²) in [5, 5.41) is 11.6. The van der Waals surface area contributed by atoms with Crippen molar-refractivity contribution in [3.63, 3.8) is 0 Å². The van der Waals surface area contributed by atoms with E-state index in [2.05, 4.69) is 21.2 Å². The van der Waals surface area contributed by atoms with E-state index in [0.29, 0.717) is 21.5 Å². The van der Waals surface area contributed by atoms with E-state index in [0.717, 1.165) is 0 Å². The van der Waals surface area contributed by atoms with Crippen LogP contribution in [0.3, 0.4) is 0 Å². The lowest BCUT2D eigenvalue weighted by atomic mass is 10.1. The number of carbonyl (C=O) groups excluding carboxylic acids is 1. The summed E-state index contributed by atoms with van der Waals surface area (Å²) >= 11 is 3.11. The van der Waals surface area contributed by atoms with Crippen LogP contribution >= 0.6 is 15.9 Å². The zero-order valence-electron chi connectivity index (χ0n) is 9.94. The van der Waals surface area contributed by atoms with Crippen molar-refractivity contribution in [2.24, 2.45) is 0 Å². The maximum absolute atomic E-state index is 11.9. The molecule has 0 atom stereocenters. The molecule has 1 aromatic carbocycles. The van der Waals surface area contributed by atoms with Crippen LogP contribution in [-0.4, -0.2) is 17.0 Å². The van der Waals surface area contributed by atoms with Crippen LogP contribution in [0, 0.1) is 6.92 Å². The van der Waals surface area contributed by atoms with Gasteiger partial charge in [0.2, 0.25) is 0 Å². The third-order valence-electron chi connectivity index (χ3n) is 2.59. The highest BCUT2D eigenvalue weighted by atomic mass is 79.9. The first-order valence-electron chi connectivity index (χ1n) is 5.37. The number of carbonyl (C=O) groups is 2. The fourth-order valence-electron chi connectivity index (χ4n) is 1.58. The molecule has 0 spiro atoms. The number of amides is 1. The van der Waals surface area contributed by atoms with Crippen LogP contribution in [0.4, 0.5) is 5.69 Å². The van der Waals surface area contributed by atoms with Crippen LogP contribution in [0.2, 0.25) is 0 Å². The summed E-state index contributed by atoms with van der Waals surface area (Å²) in [5.41, 5.74) is 1.55. The van der Waals surface area contributed by atoms with E-state index >= 15 is 0 Å². The minimum atomic E-state index is -1.03. The Kier molecular flexibility index (Phi) is 3.71. The van der Waals surface area contributed by atoms with Crippen molar-refractivity contribution in [3.8, 4) is 0 Å². The van der Waals surface area contributed by atoms with Gasteiger partial charge in [-0.3, -0.25) is 4.79 Å². The summed E-state index contributed by atoms with van der Waals surface area (Å²) in [6.07, 6.45) is 1.39. The Bertz CT molecular complexity index is 648. The average Bonchev–Trinajstić information content (AvgIpc) is 2.77. The maximum atomic E-state index is 11.9. The number of hydrogen-bond acceptors (Lipinski definition) is 3. The van der Waals surface area contributed by atoms with Gasteiger partial charge in [0, 0.05) is 5.69 Å². The van der Waals surface area contributed by atoms with Crippen LogP contribution in [0.25, 0.3) is 0 Å². The second-order valence-corrected chi connectivity index (χ2v) is 4.62. The van der Waals surface area contributed by atoms with Gasteiger partial charge < -0.3 is 14.8 Å². The lowest BCUT2D eigenvalue weighted by molar-refractivity contribution is 0.0695. The largest absolute Gasteiger partial charge is 0.478 e. The molecule has 1 heterocycles. The number of halogens is 1. The second kappa shape index (κ2) is 5.27. The van der Waals surface area contributed by atoms with Gasteiger partial charge in [0.05, 0.1) is 17.4 Å². The molecule has 2 N–H and O–H groups in total. The Morgan fingerprint density at radius 1 is 1.26 bits per heavy atom. The third-order valence-corrected chi connectivity index (χ3v) is 3.20. The molecule has 19 heavy (non-hydrogen) atoms. The fraction of sp³-hybridized carbons (Fsp3) is 0.0769. The van der Waals surface area contributed by atoms with Gasteiger partial charge in [0.25, 0.3) is 5.91 Å². The van der Waals surface area contributed by atoms with Gasteiger partial charge >= 0.3 is 5.97 Å². The molecular weight excluding hydrogens is 314 g/mol. The van der Waals surface area contributed by atoms with Crippen LogP contribution in [0.15, 0.2) is 39.6 Å². The highest BCUT2D eigenvalue weighted by molar-refractivity contribution is 9.10. The van der Waals surface area contributed by atoms with Gasteiger partial charge in [-0.05, 0) is 46.6 Å². The molecule has 0 bridgehead atoms. The number of anilines is 1. The van der Waals surface area contributed by atoms with E-state index in [1.165, 1.54) is 18.4 Å². The molecule has 6 heteroatoms. The Labute approximate surface area is 117 Å². The quantitative estimate of drug-likeness (QED) is 0.908. The van der Waals surface area contributed by atoms with Crippen molar-refractivity contribution < 1.29 is 19.1 Å². The molecule has 1 aromatic heterocycles. The number of rotatable bonds is 3. The van der Waals surface area contributed by atoms with E-state index in [-0.39, 0.29) is 11.5 Å². The van der Waals surface area contributed by atoms with Crippen LogP contribution in [-0.2, 0) is 0 Å². The molecular formula is C13H10BrNO4. The smallest absolute Gasteiger partial charge is 0.336 e. The van der Waals surface area contributed by atoms with E-state index in [1.54, 1.807) is 19.1 Å². The van der Waals surface area contributed by atoms with E-state index in [4.69, 9.17) is 9.52 Å². The SMILES string of the molecule is Cc1ccc(NC(=O)c2ccoc2Br)cc1C(=O)O. The molecule has 0 aliphatic heterocycles. The van der Waals surface area contributed by atoms with E-state index < -0.39 is 5.97 Å². The van der Waals surface area contributed by atoms with Crippen LogP contribution in [0.1, 0.15) is 26.3 Å². The molecule has 0 unspecified atom stereocenters. The molecule has 0 saturated heterocycles. The van der Waals surface area contributed by atoms with Crippen molar-refractivity contribution in [3.05, 3.63) is 51.9 Å². The van der Waals surface area contributed by atoms with Gasteiger partial charge in [0.1, 0.15) is 0 Å². The zero-order chi connectivity index (χ0) is 14.0. The number of hydrogen-bond donors (Lipinski definition) is 2. The minimum absolute atomic E-state index is 0.157. The third kappa shape index (κ3) is 2.85. The number of benzene rings is 1. The monoisotopic (exact) mass is 323 g/mol. The van der Waals surface area contributed by atoms with Crippen LogP contribution < -0.4 is 5.32 Å². The molecule has 98 valence electrons. The normalized spacial score (nSPS) is 10.2. The minimum Gasteiger partial charge on any atom is -0.478 e. The molecule has 0 saturated carbocycles. The fourth-order valence-corrected chi connectivity index (χ4v) is 2.00. The van der Waals surface area contributed by atoms with Crippen molar-refractivity contribution in [1.82, 2.24) is 0 Å². The molecule has 0 radical (unpaired) electrons. The van der Waals surface area contributed by atoms with Crippen molar-refractivity contribution in [1.29, 1.82) is 0 Å². The lowest BCUT2D eigenvalue weighted by Gasteiger charge is -2.07. The van der Waals surface area contributed by atoms with Crippen molar-refractivity contribution >= 4 is 33.5 Å². The zero-order valence-corrected chi connectivity index (χ0v) is 11.5. The number of furan rings is 1. The standard InChI is InChI=1S/C13H10BrNO4/c1-7-2-3-8(6-10(7)13(17)18)15-12(16)9-4-5-19-11(9)14/h2-6H,1H3,(H,15,16)(H,17,18). The topological polar surface area (TPSA) is 79.5 Å². The van der Waals surface area contributed by atoms with Gasteiger partial charge in [-0.1, -0.05) is 6.07 Å². The van der Waals surface area contributed by atoms with E-state index in [9.17, 15) is 9.59 Å². The predicted molar refractivity (Wildman–Crippen MR) is 72.5 cm³/mol. The molecule has 5 nitrogen and oxygen atoms in total. The summed E-state index contributed by atoms with van der Waals surface area (Å²) in [5.74, 6) is -1.40. The number of carboxylic acids is 1. The summed E-state index contributed by atoms with van der Waals surface area (Å²) in [6, 6.07) is 6.23. The summed E-state index contributed by atoms with van der Waals surface area (Å²) in [7, 11) is 0. The van der Waals surface area contributed by atoms with Gasteiger partial charge in [-0.2, -0.15) is 0 Å². The Morgan fingerprint density at radius 3 is 2.58 bits per heavy atom. The van der Waals surface area contributed by atoms with Gasteiger partial charge in [-0.25, -0.2) is 4.79 Å². The highest BCUT2D eigenvalue weighted by Gasteiger charge is 2.14. The molecule has 1 amide bonds. The number of aromatic carboxylic acids is 1. The maximum Gasteiger partial charge on any atom is 0.336 e. The number of aryl methyl sites for hydroxylation is 1. The second-order valence-electron chi connectivity index (χ2n) is 3.90. The van der Waals surface area contributed by atoms with Crippen LogP contribution in [0.5, 0.6) is 0 Å². The first kappa shape index (κ1) is 13.4. The van der Waals surface area contributed by atoms with E-state index in [1.807, 2.05) is 0 Å². The summed E-state index contributed by atoms with van der Waals surface area (Å²) in [4.78, 5) is 22.9. The molecule has 2 aromatic rings. The highest BCUT2D eigenvalue weighted by Crippen LogP contribution is 2.20. The predicted octanol–water partition coefficient (Wildman–Crippen LogP) is 3.30. The van der Waals surface area contributed by atoms with Gasteiger partial charge in [-0.15, -0.1) is 0 Å². The summed E-state index contributed by atoms with van der Waals surface area (Å²) in [6.45, 7) is 1.70. The lowest BCUT2D eigenvalue weighted by Crippen LogP contribution is -2.12. The van der Waals surface area contributed by atoms with Gasteiger partial charge in [0.15, 0.2) is 4.67 Å². The number of nitrogens with one attached hydrogen (secondary N) is 1. The Hall–Kier alpha value is -2.08. The van der Waals surface area contributed by atoms with Crippen molar-refractivity contribution in [2.75, 3.05) is 5.32 Å². The summed E-state index contributed by atoms with van der Waals surface area (Å²) < 4.78 is 5.30. The molecule has 2 rings (SSSR count). The molecule has 0 fully saturated rings.